The van der Waals surface area contributed by atoms with Crippen LogP contribution in [0.1, 0.15) is 36.8 Å². The van der Waals surface area contributed by atoms with E-state index in [0.29, 0.717) is 19.4 Å². The Morgan fingerprint density at radius 3 is 2.32 bits per heavy atom. The van der Waals surface area contributed by atoms with E-state index in [-0.39, 0.29) is 38.3 Å². The fourth-order valence-electron chi connectivity index (χ4n) is 4.30. The van der Waals surface area contributed by atoms with Crippen molar-refractivity contribution >= 4 is 29.8 Å². The van der Waals surface area contributed by atoms with Gasteiger partial charge in [0.25, 0.3) is 0 Å². The quantitative estimate of drug-likeness (QED) is 0.258. The Bertz CT molecular complexity index is 1130. The monoisotopic (exact) mass is 523 g/mol. The highest BCUT2D eigenvalue weighted by Gasteiger charge is 2.35. The zero-order valence-corrected chi connectivity index (χ0v) is 21.0. The van der Waals surface area contributed by atoms with Gasteiger partial charge in [-0.25, -0.2) is 14.5 Å². The number of likely N-dealkylation sites (tertiary alicyclic amines) is 1. The summed E-state index contributed by atoms with van der Waals surface area (Å²) >= 11 is 0. The number of carbonyl (C=O) groups excluding carboxylic acids is 3. The molecule has 0 unspecified atom stereocenters. The highest BCUT2D eigenvalue weighted by Crippen LogP contribution is 2.19. The SMILES string of the molecule is N=C(N)N(CCC[C@H](NC(=O)[C@@H]1CCCN1C(=O)Cc1ccccc1)C(=O)O)C(=O)OCc1ccccc1. The molecule has 2 aromatic rings. The van der Waals surface area contributed by atoms with Gasteiger partial charge in [0.1, 0.15) is 18.7 Å². The molecule has 1 aliphatic heterocycles. The van der Waals surface area contributed by atoms with Crippen LogP contribution in [0.3, 0.4) is 0 Å². The van der Waals surface area contributed by atoms with Gasteiger partial charge < -0.3 is 25.8 Å². The molecule has 1 fully saturated rings. The van der Waals surface area contributed by atoms with Crippen LogP contribution in [0.15, 0.2) is 60.7 Å². The number of carboxylic acids is 1. The molecule has 2 atom stereocenters. The Kier molecular flexibility index (Phi) is 10.2. The summed E-state index contributed by atoms with van der Waals surface area (Å²) in [6, 6.07) is 16.2. The molecule has 3 amide bonds. The van der Waals surface area contributed by atoms with Gasteiger partial charge in [0, 0.05) is 13.1 Å². The molecule has 0 aromatic heterocycles. The van der Waals surface area contributed by atoms with Crippen LogP contribution in [0.2, 0.25) is 0 Å². The first-order valence-corrected chi connectivity index (χ1v) is 12.4. The van der Waals surface area contributed by atoms with Gasteiger partial charge in [-0.2, -0.15) is 0 Å². The number of nitrogens with one attached hydrogen (secondary N) is 2. The number of rotatable bonds is 11. The number of carboxylic acid groups (broad SMARTS) is 1. The van der Waals surface area contributed by atoms with E-state index in [9.17, 15) is 24.3 Å². The third-order valence-corrected chi connectivity index (χ3v) is 6.28. The lowest BCUT2D eigenvalue weighted by Crippen LogP contribution is -2.51. The summed E-state index contributed by atoms with van der Waals surface area (Å²) < 4.78 is 5.21. The molecule has 11 heteroatoms. The molecule has 5 N–H and O–H groups in total. The maximum absolute atomic E-state index is 13.0. The molecule has 1 heterocycles. The van der Waals surface area contributed by atoms with Crippen molar-refractivity contribution in [2.75, 3.05) is 13.1 Å². The van der Waals surface area contributed by atoms with Gasteiger partial charge in [-0.3, -0.25) is 15.0 Å². The van der Waals surface area contributed by atoms with Crippen molar-refractivity contribution in [2.45, 2.75) is 50.8 Å². The Balaban J connectivity index is 1.52. The van der Waals surface area contributed by atoms with Crippen LogP contribution >= 0.6 is 0 Å². The molecule has 0 radical (unpaired) electrons. The topological polar surface area (TPSA) is 166 Å². The van der Waals surface area contributed by atoms with Gasteiger partial charge in [0.15, 0.2) is 5.96 Å². The molecule has 202 valence electrons. The zero-order chi connectivity index (χ0) is 27.5. The Labute approximate surface area is 221 Å². The summed E-state index contributed by atoms with van der Waals surface area (Å²) in [6.45, 7) is 0.367. The molecule has 3 rings (SSSR count). The fourth-order valence-corrected chi connectivity index (χ4v) is 4.30. The van der Waals surface area contributed by atoms with Gasteiger partial charge >= 0.3 is 12.1 Å². The van der Waals surface area contributed by atoms with Crippen molar-refractivity contribution in [3.05, 3.63) is 71.8 Å². The summed E-state index contributed by atoms with van der Waals surface area (Å²) in [6.07, 6.45) is 0.559. The van der Waals surface area contributed by atoms with Crippen LogP contribution in [0.25, 0.3) is 0 Å². The summed E-state index contributed by atoms with van der Waals surface area (Å²) in [5.41, 5.74) is 7.13. The van der Waals surface area contributed by atoms with Crippen LogP contribution in [-0.2, 0) is 32.1 Å². The van der Waals surface area contributed by atoms with Crippen LogP contribution < -0.4 is 11.1 Å². The largest absolute Gasteiger partial charge is 0.480 e. The maximum Gasteiger partial charge on any atom is 0.416 e. The molecule has 0 saturated carbocycles. The number of aliphatic carboxylic acids is 1. The highest BCUT2D eigenvalue weighted by atomic mass is 16.6. The van der Waals surface area contributed by atoms with Gasteiger partial charge in [0.2, 0.25) is 11.8 Å². The van der Waals surface area contributed by atoms with E-state index in [2.05, 4.69) is 5.32 Å². The van der Waals surface area contributed by atoms with E-state index in [1.54, 1.807) is 24.3 Å². The van der Waals surface area contributed by atoms with Crippen molar-refractivity contribution in [2.24, 2.45) is 5.73 Å². The molecular weight excluding hydrogens is 490 g/mol. The second-order valence-corrected chi connectivity index (χ2v) is 9.03. The minimum atomic E-state index is -1.24. The van der Waals surface area contributed by atoms with Crippen molar-refractivity contribution in [3.8, 4) is 0 Å². The van der Waals surface area contributed by atoms with E-state index in [0.717, 1.165) is 16.0 Å². The van der Waals surface area contributed by atoms with Gasteiger partial charge in [-0.1, -0.05) is 60.7 Å². The zero-order valence-electron chi connectivity index (χ0n) is 21.0. The Morgan fingerprint density at radius 2 is 1.71 bits per heavy atom. The van der Waals surface area contributed by atoms with E-state index < -0.39 is 36.0 Å². The van der Waals surface area contributed by atoms with Crippen LogP contribution in [0.5, 0.6) is 0 Å². The number of benzene rings is 2. The first-order valence-electron chi connectivity index (χ1n) is 12.4. The summed E-state index contributed by atoms with van der Waals surface area (Å²) in [5, 5.41) is 19.9. The summed E-state index contributed by atoms with van der Waals surface area (Å²) in [4.78, 5) is 52.4. The molecule has 2 aromatic carbocycles. The number of amides is 3. The Morgan fingerprint density at radius 1 is 1.08 bits per heavy atom. The highest BCUT2D eigenvalue weighted by molar-refractivity contribution is 5.92. The predicted molar refractivity (Wildman–Crippen MR) is 139 cm³/mol. The fraction of sp³-hybridized carbons (Fsp3) is 0.370. The minimum absolute atomic E-state index is 0.00184. The van der Waals surface area contributed by atoms with Crippen molar-refractivity contribution in [1.82, 2.24) is 15.1 Å². The van der Waals surface area contributed by atoms with E-state index >= 15 is 0 Å². The van der Waals surface area contributed by atoms with Gasteiger partial charge in [0.05, 0.1) is 6.42 Å². The molecule has 1 aliphatic rings. The third kappa shape index (κ3) is 8.05. The molecule has 0 bridgehead atoms. The number of hydrogen-bond acceptors (Lipinski definition) is 6. The summed E-state index contributed by atoms with van der Waals surface area (Å²) in [7, 11) is 0. The number of guanidine groups is 1. The average Bonchev–Trinajstić information content (AvgIpc) is 3.40. The molecule has 0 aliphatic carbocycles. The van der Waals surface area contributed by atoms with E-state index in [1.807, 2.05) is 36.4 Å². The van der Waals surface area contributed by atoms with E-state index in [4.69, 9.17) is 15.9 Å². The standard InChI is InChI=1S/C27H33N5O6/c28-26(29)32(27(37)38-18-20-11-5-2-6-12-20)16-7-13-21(25(35)36)30-24(34)22-14-8-15-31(22)23(33)17-19-9-3-1-4-10-19/h1-6,9-12,21-22H,7-8,13-18H2,(H3,28,29)(H,30,34)(H,35,36)/t21-,22-/m0/s1. The average molecular weight is 524 g/mol. The number of hydrogen-bond donors (Lipinski definition) is 4. The van der Waals surface area contributed by atoms with Crippen LogP contribution in [0, 0.1) is 5.41 Å². The van der Waals surface area contributed by atoms with E-state index in [1.165, 1.54) is 4.90 Å². The lowest BCUT2D eigenvalue weighted by Gasteiger charge is -2.26. The number of ether oxygens (including phenoxy) is 1. The van der Waals surface area contributed by atoms with Gasteiger partial charge in [-0.15, -0.1) is 0 Å². The first kappa shape index (κ1) is 28.2. The van der Waals surface area contributed by atoms with Crippen molar-refractivity contribution in [1.29, 1.82) is 5.41 Å². The van der Waals surface area contributed by atoms with Crippen molar-refractivity contribution < 1.29 is 29.0 Å². The number of carbonyl (C=O) groups is 4. The second kappa shape index (κ2) is 13.8. The molecule has 1 saturated heterocycles. The molecule has 0 spiro atoms. The minimum Gasteiger partial charge on any atom is -0.480 e. The predicted octanol–water partition coefficient (Wildman–Crippen LogP) is 2.10. The normalized spacial score (nSPS) is 15.4. The second-order valence-electron chi connectivity index (χ2n) is 9.03. The first-order chi connectivity index (χ1) is 18.3. The number of nitrogens with two attached hydrogens (primary N) is 1. The number of nitrogens with zero attached hydrogens (tertiary/aromatic N) is 2. The third-order valence-electron chi connectivity index (χ3n) is 6.28. The van der Waals surface area contributed by atoms with Gasteiger partial charge in [-0.05, 0) is 36.8 Å². The smallest absolute Gasteiger partial charge is 0.416 e. The maximum atomic E-state index is 13.0. The molecule has 38 heavy (non-hydrogen) atoms. The van der Waals surface area contributed by atoms with Crippen LogP contribution in [0.4, 0.5) is 4.79 Å². The lowest BCUT2D eigenvalue weighted by atomic mass is 10.1. The van der Waals surface area contributed by atoms with Crippen molar-refractivity contribution in [3.63, 3.8) is 0 Å². The lowest BCUT2D eigenvalue weighted by molar-refractivity contribution is -0.144. The molecule has 11 nitrogen and oxygen atoms in total. The van der Waals surface area contributed by atoms with Crippen LogP contribution in [-0.4, -0.2) is 69.9 Å². The summed E-state index contributed by atoms with van der Waals surface area (Å²) in [5.74, 6) is -2.48. The Hall–Kier alpha value is -4.41. The molecular formula is C27H33N5O6.